The lowest BCUT2D eigenvalue weighted by Gasteiger charge is -2.27. The van der Waals surface area contributed by atoms with Crippen LogP contribution in [0.2, 0.25) is 0 Å². The van der Waals surface area contributed by atoms with Gasteiger partial charge < -0.3 is 15.3 Å². The van der Waals surface area contributed by atoms with Crippen LogP contribution in [0.1, 0.15) is 36.1 Å². The van der Waals surface area contributed by atoms with Gasteiger partial charge in [-0.2, -0.15) is 0 Å². The van der Waals surface area contributed by atoms with Crippen LogP contribution < -0.4 is 5.32 Å². The molecule has 2 aliphatic rings. The van der Waals surface area contributed by atoms with E-state index < -0.39 is 47.9 Å². The Kier molecular flexibility index (Phi) is 5.26. The van der Waals surface area contributed by atoms with E-state index in [2.05, 4.69) is 5.32 Å². The molecule has 2 aromatic carbocycles. The molecule has 0 saturated carbocycles. The van der Waals surface area contributed by atoms with Gasteiger partial charge in [0.15, 0.2) is 0 Å². The van der Waals surface area contributed by atoms with E-state index in [1.807, 2.05) is 19.1 Å². The summed E-state index contributed by atoms with van der Waals surface area (Å²) in [6.45, 7) is 3.19. The SMILES string of the molecule is Cc1ccc([C@]2(C)NC(=O)N(CC(=O)N3C[C@H](O)C[C@@H]3c3ccc(F)cc3)C2=O)cc1. The first-order valence-corrected chi connectivity index (χ1v) is 10.1. The molecular formula is C23H24FN3O4. The van der Waals surface area contributed by atoms with Crippen molar-refractivity contribution in [2.45, 2.75) is 38.0 Å². The molecule has 2 aromatic rings. The number of rotatable bonds is 4. The van der Waals surface area contributed by atoms with Crippen LogP contribution in [0.3, 0.4) is 0 Å². The fourth-order valence-corrected chi connectivity index (χ4v) is 4.24. The van der Waals surface area contributed by atoms with E-state index >= 15 is 0 Å². The van der Waals surface area contributed by atoms with Gasteiger partial charge in [-0.15, -0.1) is 0 Å². The summed E-state index contributed by atoms with van der Waals surface area (Å²) in [4.78, 5) is 41.1. The maximum atomic E-state index is 13.3. The summed E-state index contributed by atoms with van der Waals surface area (Å²) in [7, 11) is 0. The monoisotopic (exact) mass is 425 g/mol. The molecule has 4 amide bonds. The molecule has 0 spiro atoms. The minimum atomic E-state index is -1.26. The van der Waals surface area contributed by atoms with Gasteiger partial charge in [0.25, 0.3) is 5.91 Å². The van der Waals surface area contributed by atoms with Gasteiger partial charge >= 0.3 is 6.03 Å². The molecular weight excluding hydrogens is 401 g/mol. The molecule has 2 saturated heterocycles. The summed E-state index contributed by atoms with van der Waals surface area (Å²) in [5.41, 5.74) is 1.09. The number of urea groups is 1. The van der Waals surface area contributed by atoms with Crippen LogP contribution in [0.25, 0.3) is 0 Å². The van der Waals surface area contributed by atoms with Crippen molar-refractivity contribution in [2.75, 3.05) is 13.1 Å². The molecule has 7 nitrogen and oxygen atoms in total. The van der Waals surface area contributed by atoms with Gasteiger partial charge in [-0.1, -0.05) is 42.0 Å². The Morgan fingerprint density at radius 2 is 1.81 bits per heavy atom. The average Bonchev–Trinajstić information content (AvgIpc) is 3.22. The van der Waals surface area contributed by atoms with Crippen molar-refractivity contribution < 1.29 is 23.9 Å². The van der Waals surface area contributed by atoms with Crippen molar-refractivity contribution in [3.8, 4) is 0 Å². The van der Waals surface area contributed by atoms with Gasteiger partial charge in [0.05, 0.1) is 12.1 Å². The molecule has 0 radical (unpaired) electrons. The zero-order valence-electron chi connectivity index (χ0n) is 17.3. The Bertz CT molecular complexity index is 1020. The summed E-state index contributed by atoms with van der Waals surface area (Å²) in [5, 5.41) is 12.8. The molecule has 4 rings (SSSR count). The molecule has 2 N–H and O–H groups in total. The number of imide groups is 1. The van der Waals surface area contributed by atoms with Crippen LogP contribution in [0.5, 0.6) is 0 Å². The van der Waals surface area contributed by atoms with Crippen LogP contribution in [-0.2, 0) is 15.1 Å². The number of aliphatic hydroxyl groups excluding tert-OH is 1. The maximum Gasteiger partial charge on any atom is 0.325 e. The summed E-state index contributed by atoms with van der Waals surface area (Å²) >= 11 is 0. The molecule has 2 fully saturated rings. The molecule has 0 unspecified atom stereocenters. The van der Waals surface area contributed by atoms with Crippen molar-refractivity contribution in [3.63, 3.8) is 0 Å². The number of likely N-dealkylation sites (tertiary alicyclic amines) is 1. The van der Waals surface area contributed by atoms with E-state index in [1.54, 1.807) is 31.2 Å². The van der Waals surface area contributed by atoms with Crippen LogP contribution in [0, 0.1) is 12.7 Å². The van der Waals surface area contributed by atoms with Gasteiger partial charge in [-0.25, -0.2) is 9.18 Å². The smallest absolute Gasteiger partial charge is 0.325 e. The normalized spacial score (nSPS) is 25.8. The Morgan fingerprint density at radius 3 is 2.45 bits per heavy atom. The first-order chi connectivity index (χ1) is 14.7. The maximum absolute atomic E-state index is 13.3. The first kappa shape index (κ1) is 21.0. The first-order valence-electron chi connectivity index (χ1n) is 10.1. The van der Waals surface area contributed by atoms with E-state index in [4.69, 9.17) is 0 Å². The Hall–Kier alpha value is -3.26. The van der Waals surface area contributed by atoms with E-state index in [0.29, 0.717) is 17.5 Å². The lowest BCUT2D eigenvalue weighted by molar-refractivity contribution is -0.139. The molecule has 31 heavy (non-hydrogen) atoms. The van der Waals surface area contributed by atoms with Crippen molar-refractivity contribution in [1.29, 1.82) is 0 Å². The lowest BCUT2D eigenvalue weighted by Crippen LogP contribution is -2.44. The van der Waals surface area contributed by atoms with Crippen molar-refractivity contribution in [1.82, 2.24) is 15.1 Å². The quantitative estimate of drug-likeness (QED) is 0.736. The van der Waals surface area contributed by atoms with E-state index in [9.17, 15) is 23.9 Å². The van der Waals surface area contributed by atoms with E-state index in [1.165, 1.54) is 17.0 Å². The minimum absolute atomic E-state index is 0.0831. The molecule has 162 valence electrons. The standard InChI is InChI=1S/C23H24FN3O4/c1-14-3-7-16(8-4-14)23(2)21(30)27(22(31)25-23)13-20(29)26-12-18(28)11-19(26)15-5-9-17(24)10-6-15/h3-10,18-19,28H,11-13H2,1-2H3,(H,25,31)/t18-,19-,23+/m1/s1. The zero-order chi connectivity index (χ0) is 22.3. The Balaban J connectivity index is 1.53. The third-order valence-corrected chi connectivity index (χ3v) is 6.05. The highest BCUT2D eigenvalue weighted by Gasteiger charge is 2.50. The van der Waals surface area contributed by atoms with Gasteiger partial charge in [-0.05, 0) is 43.5 Å². The van der Waals surface area contributed by atoms with Crippen molar-refractivity contribution >= 4 is 17.8 Å². The van der Waals surface area contributed by atoms with Crippen LogP contribution in [-0.4, -0.2) is 51.9 Å². The number of hydrogen-bond acceptors (Lipinski definition) is 4. The highest BCUT2D eigenvalue weighted by Crippen LogP contribution is 2.33. The average molecular weight is 425 g/mol. The molecule has 3 atom stereocenters. The number of β-amino-alcohol motifs (C(OH)–C–C–N with tert-alkyl or cyclic N) is 1. The number of nitrogens with one attached hydrogen (secondary N) is 1. The number of carbonyl (C=O) groups is 3. The second kappa shape index (κ2) is 7.77. The van der Waals surface area contributed by atoms with Crippen molar-refractivity contribution in [2.24, 2.45) is 0 Å². The summed E-state index contributed by atoms with van der Waals surface area (Å²) in [6.07, 6.45) is -0.432. The fraction of sp³-hybridized carbons (Fsp3) is 0.348. The zero-order valence-corrected chi connectivity index (χ0v) is 17.3. The number of amides is 4. The summed E-state index contributed by atoms with van der Waals surface area (Å²) in [5.74, 6) is -1.36. The van der Waals surface area contributed by atoms with Crippen LogP contribution in [0.15, 0.2) is 48.5 Å². The van der Waals surface area contributed by atoms with Gasteiger partial charge in [0.1, 0.15) is 17.9 Å². The third-order valence-electron chi connectivity index (χ3n) is 6.05. The molecule has 8 heteroatoms. The molecule has 2 aliphatic heterocycles. The number of nitrogens with zero attached hydrogens (tertiary/aromatic N) is 2. The second-order valence-corrected chi connectivity index (χ2v) is 8.32. The number of carbonyl (C=O) groups excluding carboxylic acids is 3. The predicted molar refractivity (Wildman–Crippen MR) is 110 cm³/mol. The highest BCUT2D eigenvalue weighted by atomic mass is 19.1. The predicted octanol–water partition coefficient (Wildman–Crippen LogP) is 2.24. The molecule has 0 bridgehead atoms. The largest absolute Gasteiger partial charge is 0.391 e. The number of benzene rings is 2. The van der Waals surface area contributed by atoms with Crippen LogP contribution >= 0.6 is 0 Å². The summed E-state index contributed by atoms with van der Waals surface area (Å²) in [6, 6.07) is 11.9. The lowest BCUT2D eigenvalue weighted by atomic mass is 9.91. The number of hydrogen-bond donors (Lipinski definition) is 2. The van der Waals surface area contributed by atoms with Crippen LogP contribution in [0.4, 0.5) is 9.18 Å². The molecule has 0 aliphatic carbocycles. The number of halogens is 1. The van der Waals surface area contributed by atoms with Crippen molar-refractivity contribution in [3.05, 3.63) is 71.0 Å². The Morgan fingerprint density at radius 1 is 1.16 bits per heavy atom. The topological polar surface area (TPSA) is 90.0 Å². The molecule has 0 aromatic heterocycles. The van der Waals surface area contributed by atoms with Gasteiger partial charge in [-0.3, -0.25) is 14.5 Å². The second-order valence-electron chi connectivity index (χ2n) is 8.32. The van der Waals surface area contributed by atoms with Gasteiger partial charge in [0.2, 0.25) is 5.91 Å². The molecule has 2 heterocycles. The number of aryl methyl sites for hydroxylation is 1. The summed E-state index contributed by atoms with van der Waals surface area (Å²) < 4.78 is 13.3. The van der Waals surface area contributed by atoms with E-state index in [0.717, 1.165) is 10.5 Å². The highest BCUT2D eigenvalue weighted by molar-refractivity contribution is 6.09. The van der Waals surface area contributed by atoms with Gasteiger partial charge in [0, 0.05) is 6.54 Å². The minimum Gasteiger partial charge on any atom is -0.391 e. The Labute approximate surface area is 179 Å². The fourth-order valence-electron chi connectivity index (χ4n) is 4.24. The number of aliphatic hydroxyl groups is 1. The third kappa shape index (κ3) is 3.79. The van der Waals surface area contributed by atoms with E-state index in [-0.39, 0.29) is 6.54 Å².